The van der Waals surface area contributed by atoms with Gasteiger partial charge in [-0.3, -0.25) is 0 Å². The molecule has 4 nitrogen and oxygen atoms in total. The van der Waals surface area contributed by atoms with Gasteiger partial charge >= 0.3 is 5.97 Å². The Morgan fingerprint density at radius 2 is 2.14 bits per heavy atom. The minimum Gasteiger partial charge on any atom is -0.466 e. The molecular formula is C16H17BrO4. The summed E-state index contributed by atoms with van der Waals surface area (Å²) in [5, 5.41) is 0. The van der Waals surface area contributed by atoms with Gasteiger partial charge in [-0.1, -0.05) is 46.3 Å². The lowest BCUT2D eigenvalue weighted by molar-refractivity contribution is -0.136. The van der Waals surface area contributed by atoms with Gasteiger partial charge in [0.15, 0.2) is 0 Å². The van der Waals surface area contributed by atoms with E-state index in [0.717, 1.165) is 10.0 Å². The number of esters is 1. The molecule has 2 rings (SSSR count). The molecule has 2 atom stereocenters. The summed E-state index contributed by atoms with van der Waals surface area (Å²) in [5.74, 6) is -0.379. The molecule has 0 radical (unpaired) electrons. The van der Waals surface area contributed by atoms with E-state index in [2.05, 4.69) is 15.9 Å². The van der Waals surface area contributed by atoms with Crippen molar-refractivity contribution in [2.24, 2.45) is 0 Å². The average Bonchev–Trinajstić information content (AvgIpc) is 2.89. The lowest BCUT2D eigenvalue weighted by Gasteiger charge is -2.12. The van der Waals surface area contributed by atoms with Gasteiger partial charge in [-0.25, -0.2) is 4.79 Å². The fourth-order valence-corrected chi connectivity index (χ4v) is 2.52. The molecule has 0 bridgehead atoms. The Labute approximate surface area is 132 Å². The first kappa shape index (κ1) is 15.9. The van der Waals surface area contributed by atoms with Crippen LogP contribution in [0.15, 0.2) is 46.5 Å². The van der Waals surface area contributed by atoms with Crippen molar-refractivity contribution in [1.29, 1.82) is 0 Å². The second-order valence-corrected chi connectivity index (χ2v) is 5.40. The van der Waals surface area contributed by atoms with Crippen molar-refractivity contribution < 1.29 is 19.0 Å². The van der Waals surface area contributed by atoms with Gasteiger partial charge in [0.2, 0.25) is 0 Å². The highest BCUT2D eigenvalue weighted by Gasteiger charge is 2.30. The van der Waals surface area contributed by atoms with Crippen LogP contribution in [0, 0.1) is 0 Å². The van der Waals surface area contributed by atoms with Crippen LogP contribution in [0.5, 0.6) is 0 Å². The van der Waals surface area contributed by atoms with E-state index in [1.54, 1.807) is 13.2 Å². The second-order valence-electron chi connectivity index (χ2n) is 4.54. The van der Waals surface area contributed by atoms with Gasteiger partial charge < -0.3 is 14.2 Å². The third kappa shape index (κ3) is 4.03. The average molecular weight is 353 g/mol. The van der Waals surface area contributed by atoms with E-state index in [1.165, 1.54) is 7.11 Å². The van der Waals surface area contributed by atoms with Crippen molar-refractivity contribution in [3.05, 3.63) is 52.0 Å². The van der Waals surface area contributed by atoms with Crippen molar-refractivity contribution in [2.75, 3.05) is 20.8 Å². The van der Waals surface area contributed by atoms with Crippen LogP contribution in [0.1, 0.15) is 5.56 Å². The Kier molecular flexibility index (Phi) is 5.73. The Morgan fingerprint density at radius 3 is 2.81 bits per heavy atom. The van der Waals surface area contributed by atoms with Gasteiger partial charge in [0, 0.05) is 11.6 Å². The van der Waals surface area contributed by atoms with Crippen molar-refractivity contribution in [1.82, 2.24) is 0 Å². The van der Waals surface area contributed by atoms with E-state index in [0.29, 0.717) is 12.2 Å². The molecule has 5 heteroatoms. The van der Waals surface area contributed by atoms with Crippen LogP contribution in [0.25, 0.3) is 6.08 Å². The Hall–Kier alpha value is -1.43. The number of carbonyl (C=O) groups is 1. The van der Waals surface area contributed by atoms with Crippen LogP contribution < -0.4 is 0 Å². The molecule has 1 aromatic carbocycles. The van der Waals surface area contributed by atoms with Crippen LogP contribution in [-0.2, 0) is 19.0 Å². The molecule has 0 aromatic heterocycles. The van der Waals surface area contributed by atoms with Crippen molar-refractivity contribution in [3.63, 3.8) is 0 Å². The second kappa shape index (κ2) is 7.54. The molecule has 1 aliphatic heterocycles. The molecule has 0 N–H and O–H groups in total. The molecule has 0 saturated heterocycles. The van der Waals surface area contributed by atoms with E-state index in [-0.39, 0.29) is 12.1 Å². The first-order chi connectivity index (χ1) is 10.2. The smallest absolute Gasteiger partial charge is 0.336 e. The Bertz CT molecular complexity index is 565. The summed E-state index contributed by atoms with van der Waals surface area (Å²) in [6.45, 7) is 0.403. The molecule has 1 heterocycles. The molecule has 0 fully saturated rings. The number of benzene rings is 1. The summed E-state index contributed by atoms with van der Waals surface area (Å²) in [4.78, 5) is 11.8. The van der Waals surface area contributed by atoms with Gasteiger partial charge in [0.1, 0.15) is 12.2 Å². The van der Waals surface area contributed by atoms with Crippen LogP contribution in [-0.4, -0.2) is 39.0 Å². The van der Waals surface area contributed by atoms with Crippen LogP contribution in [0.4, 0.5) is 0 Å². The van der Waals surface area contributed by atoms with E-state index >= 15 is 0 Å². The largest absolute Gasteiger partial charge is 0.466 e. The van der Waals surface area contributed by atoms with Gasteiger partial charge in [0.25, 0.3) is 0 Å². The van der Waals surface area contributed by atoms with Gasteiger partial charge in [-0.15, -0.1) is 0 Å². The van der Waals surface area contributed by atoms with E-state index in [9.17, 15) is 4.79 Å². The van der Waals surface area contributed by atoms with Crippen LogP contribution >= 0.6 is 15.9 Å². The highest BCUT2D eigenvalue weighted by atomic mass is 79.9. The summed E-state index contributed by atoms with van der Waals surface area (Å²) in [5.41, 5.74) is 1.52. The topological polar surface area (TPSA) is 44.8 Å². The van der Waals surface area contributed by atoms with E-state index in [1.807, 2.05) is 36.4 Å². The van der Waals surface area contributed by atoms with Crippen LogP contribution in [0.2, 0.25) is 0 Å². The number of methoxy groups -OCH3 is 2. The predicted octanol–water partition coefficient (Wildman–Crippen LogP) is 2.98. The Balaban J connectivity index is 2.16. The summed E-state index contributed by atoms with van der Waals surface area (Å²) >= 11 is 3.48. The minimum atomic E-state index is -0.426. The monoisotopic (exact) mass is 352 g/mol. The molecule has 112 valence electrons. The zero-order valence-electron chi connectivity index (χ0n) is 11.9. The number of ether oxygens (including phenoxy) is 3. The quantitative estimate of drug-likeness (QED) is 0.764. The predicted molar refractivity (Wildman–Crippen MR) is 83.8 cm³/mol. The summed E-state index contributed by atoms with van der Waals surface area (Å²) in [7, 11) is 2.96. The molecular weight excluding hydrogens is 336 g/mol. The van der Waals surface area contributed by atoms with Crippen molar-refractivity contribution in [3.8, 4) is 0 Å². The number of hydrogen-bond donors (Lipinski definition) is 0. The summed E-state index contributed by atoms with van der Waals surface area (Å²) in [6, 6.07) is 7.83. The molecule has 0 saturated carbocycles. The molecule has 0 unspecified atom stereocenters. The lowest BCUT2D eigenvalue weighted by atomic mass is 10.1. The lowest BCUT2D eigenvalue weighted by Crippen LogP contribution is -2.19. The maximum Gasteiger partial charge on any atom is 0.336 e. The third-order valence-electron chi connectivity index (χ3n) is 3.10. The first-order valence-corrected chi connectivity index (χ1v) is 7.32. The van der Waals surface area contributed by atoms with Crippen molar-refractivity contribution in [2.45, 2.75) is 12.2 Å². The van der Waals surface area contributed by atoms with E-state index in [4.69, 9.17) is 14.2 Å². The summed E-state index contributed by atoms with van der Waals surface area (Å²) < 4.78 is 16.6. The summed E-state index contributed by atoms with van der Waals surface area (Å²) in [6.07, 6.45) is 4.85. The molecule has 0 spiro atoms. The number of rotatable bonds is 5. The first-order valence-electron chi connectivity index (χ1n) is 6.53. The molecule has 1 aliphatic rings. The normalized spacial score (nSPS) is 21.6. The zero-order chi connectivity index (χ0) is 15.2. The fourth-order valence-electron chi connectivity index (χ4n) is 2.10. The fraction of sp³-hybridized carbons (Fsp3) is 0.312. The third-order valence-corrected chi connectivity index (χ3v) is 3.82. The maximum absolute atomic E-state index is 11.8. The van der Waals surface area contributed by atoms with Crippen LogP contribution in [0.3, 0.4) is 0 Å². The number of halogens is 1. The van der Waals surface area contributed by atoms with Gasteiger partial charge in [0.05, 0.1) is 19.3 Å². The Morgan fingerprint density at radius 1 is 1.38 bits per heavy atom. The molecule has 0 amide bonds. The highest BCUT2D eigenvalue weighted by molar-refractivity contribution is 9.10. The number of hydrogen-bond acceptors (Lipinski definition) is 4. The zero-order valence-corrected chi connectivity index (χ0v) is 13.5. The van der Waals surface area contributed by atoms with Crippen molar-refractivity contribution >= 4 is 28.0 Å². The molecule has 21 heavy (non-hydrogen) atoms. The van der Waals surface area contributed by atoms with Gasteiger partial charge in [-0.2, -0.15) is 0 Å². The standard InChI is InChI=1S/C16H17BrO4/c1-19-10-12-9-13(16(18)20-2)15(21-12)8-7-11-5-3-4-6-14(11)17/h3-9,12,15H,10H2,1-2H3/b8-7+/t12-,15-/m1/s1. The molecule has 1 aromatic rings. The highest BCUT2D eigenvalue weighted by Crippen LogP contribution is 2.24. The van der Waals surface area contributed by atoms with Gasteiger partial charge in [-0.05, 0) is 17.7 Å². The minimum absolute atomic E-state index is 0.238. The maximum atomic E-state index is 11.8. The SMILES string of the molecule is COC[C@H]1C=C(C(=O)OC)[C@@H](/C=C/c2ccccc2Br)O1. The molecule has 0 aliphatic carbocycles. The number of carbonyl (C=O) groups excluding carboxylic acids is 1. The van der Waals surface area contributed by atoms with E-state index < -0.39 is 6.10 Å².